The second kappa shape index (κ2) is 9.07. The van der Waals surface area contributed by atoms with Crippen molar-refractivity contribution in [1.82, 2.24) is 9.55 Å². The van der Waals surface area contributed by atoms with Crippen molar-refractivity contribution < 1.29 is 5.11 Å². The number of hydrogen-bond donors (Lipinski definition) is 1. The lowest BCUT2D eigenvalue weighted by molar-refractivity contribution is 0.271. The summed E-state index contributed by atoms with van der Waals surface area (Å²) in [6.07, 6.45) is 4.36. The molecule has 6 nitrogen and oxygen atoms in total. The summed E-state index contributed by atoms with van der Waals surface area (Å²) in [5.41, 5.74) is 2.35. The van der Waals surface area contributed by atoms with Gasteiger partial charge in [-0.2, -0.15) is 17.0 Å². The van der Waals surface area contributed by atoms with Gasteiger partial charge in [-0.3, -0.25) is 9.36 Å². The number of aromatic nitrogens is 2. The van der Waals surface area contributed by atoms with Gasteiger partial charge in [-0.1, -0.05) is 24.3 Å². The monoisotopic (exact) mass is 384 g/mol. The second-order valence-corrected chi connectivity index (χ2v) is 7.50. The number of benzene rings is 1. The zero-order chi connectivity index (χ0) is 19.2. The molecule has 0 bridgehead atoms. The highest BCUT2D eigenvalue weighted by Crippen LogP contribution is 2.22. The molecule has 1 aromatic heterocycles. The van der Waals surface area contributed by atoms with Gasteiger partial charge in [0.15, 0.2) is 11.4 Å². The molecule has 3 rings (SSSR count). The van der Waals surface area contributed by atoms with Crippen LogP contribution in [0.2, 0.25) is 0 Å². The van der Waals surface area contributed by atoms with Crippen LogP contribution < -0.4 is 10.5 Å². The maximum Gasteiger partial charge on any atom is 0.273 e. The zero-order valence-corrected chi connectivity index (χ0v) is 16.3. The largest absolute Gasteiger partial charge is 0.395 e. The average molecular weight is 385 g/mol. The number of thioether (sulfide) groups is 1. The number of anilines is 1. The molecule has 0 aliphatic carbocycles. The van der Waals surface area contributed by atoms with E-state index in [9.17, 15) is 15.2 Å². The van der Waals surface area contributed by atoms with Crippen LogP contribution >= 0.6 is 11.8 Å². The third kappa shape index (κ3) is 4.18. The molecule has 1 aliphatic rings. The van der Waals surface area contributed by atoms with E-state index in [4.69, 9.17) is 4.98 Å². The Balaban J connectivity index is 2.00. The van der Waals surface area contributed by atoms with Gasteiger partial charge in [0, 0.05) is 25.3 Å². The number of aliphatic hydroxyl groups is 1. The minimum atomic E-state index is -0.352. The Morgan fingerprint density at radius 3 is 2.48 bits per heavy atom. The number of rotatable bonds is 6. The van der Waals surface area contributed by atoms with Gasteiger partial charge in [-0.15, -0.1) is 0 Å². The molecule has 27 heavy (non-hydrogen) atoms. The summed E-state index contributed by atoms with van der Waals surface area (Å²) >= 11 is 1.68. The molecule has 0 amide bonds. The standard InChI is InChI=1S/C20H24N4O2S/c1-27-13-8-18-22-19(17(14-21)20(26)24(18)11-12-25)23-9-6-15-4-2-3-5-16(15)7-10-23/h2-5,25H,6-13H2,1H3. The van der Waals surface area contributed by atoms with Crippen molar-refractivity contribution in [3.63, 3.8) is 0 Å². The summed E-state index contributed by atoms with van der Waals surface area (Å²) in [5.74, 6) is 1.95. The topological polar surface area (TPSA) is 82.2 Å². The molecular formula is C20H24N4O2S. The number of fused-ring (bicyclic) bond motifs is 1. The molecule has 2 aromatic rings. The van der Waals surface area contributed by atoms with Crippen LogP contribution in [0.1, 0.15) is 22.5 Å². The van der Waals surface area contributed by atoms with Gasteiger partial charge < -0.3 is 10.0 Å². The number of aryl methyl sites for hydroxylation is 1. The molecule has 2 heterocycles. The van der Waals surface area contributed by atoms with Gasteiger partial charge in [0.05, 0.1) is 13.2 Å². The van der Waals surface area contributed by atoms with Gasteiger partial charge in [0.1, 0.15) is 11.9 Å². The average Bonchev–Trinajstić information content (AvgIpc) is 2.91. The molecule has 0 radical (unpaired) electrons. The smallest absolute Gasteiger partial charge is 0.273 e. The fourth-order valence-corrected chi connectivity index (χ4v) is 3.89. The molecule has 1 aromatic carbocycles. The van der Waals surface area contributed by atoms with Crippen molar-refractivity contribution in [2.75, 3.05) is 36.6 Å². The minimum Gasteiger partial charge on any atom is -0.395 e. The van der Waals surface area contributed by atoms with Crippen LogP contribution in [0.15, 0.2) is 29.1 Å². The number of aliphatic hydroxyl groups excluding tert-OH is 1. The van der Waals surface area contributed by atoms with E-state index in [0.29, 0.717) is 18.1 Å². The Kier molecular flexibility index (Phi) is 6.54. The van der Waals surface area contributed by atoms with Crippen molar-refractivity contribution in [3.8, 4) is 6.07 Å². The van der Waals surface area contributed by atoms with Crippen LogP contribution in [0.3, 0.4) is 0 Å². The Morgan fingerprint density at radius 1 is 1.26 bits per heavy atom. The lowest BCUT2D eigenvalue weighted by atomic mass is 10.0. The van der Waals surface area contributed by atoms with E-state index >= 15 is 0 Å². The van der Waals surface area contributed by atoms with E-state index in [-0.39, 0.29) is 24.3 Å². The first-order valence-electron chi connectivity index (χ1n) is 9.15. The maximum absolute atomic E-state index is 12.9. The Hall–Kier alpha value is -2.30. The molecule has 0 saturated heterocycles. The first-order chi connectivity index (χ1) is 13.2. The summed E-state index contributed by atoms with van der Waals surface area (Å²) in [6.45, 7) is 1.46. The molecular weight excluding hydrogens is 360 g/mol. The first-order valence-corrected chi connectivity index (χ1v) is 10.5. The van der Waals surface area contributed by atoms with Crippen molar-refractivity contribution in [1.29, 1.82) is 5.26 Å². The Labute approximate surface area is 163 Å². The summed E-state index contributed by atoms with van der Waals surface area (Å²) in [7, 11) is 0. The number of hydrogen-bond acceptors (Lipinski definition) is 6. The zero-order valence-electron chi connectivity index (χ0n) is 15.5. The van der Waals surface area contributed by atoms with E-state index in [1.807, 2.05) is 18.4 Å². The van der Waals surface area contributed by atoms with E-state index in [1.165, 1.54) is 15.7 Å². The molecule has 0 unspecified atom stereocenters. The van der Waals surface area contributed by atoms with Gasteiger partial charge in [0.25, 0.3) is 5.56 Å². The summed E-state index contributed by atoms with van der Waals surface area (Å²) in [6, 6.07) is 10.4. The van der Waals surface area contributed by atoms with Crippen molar-refractivity contribution >= 4 is 17.6 Å². The lowest BCUT2D eigenvalue weighted by Gasteiger charge is -2.24. The highest BCUT2D eigenvalue weighted by atomic mass is 32.2. The third-order valence-corrected chi connectivity index (χ3v) is 5.53. The molecule has 1 N–H and O–H groups in total. The Morgan fingerprint density at radius 2 is 1.93 bits per heavy atom. The minimum absolute atomic E-state index is 0.0716. The summed E-state index contributed by atoms with van der Waals surface area (Å²) < 4.78 is 1.45. The summed E-state index contributed by atoms with van der Waals surface area (Å²) in [4.78, 5) is 19.7. The van der Waals surface area contributed by atoms with Crippen molar-refractivity contribution in [3.05, 3.63) is 57.1 Å². The van der Waals surface area contributed by atoms with Crippen molar-refractivity contribution in [2.45, 2.75) is 25.8 Å². The van der Waals surface area contributed by atoms with Gasteiger partial charge in [-0.25, -0.2) is 4.98 Å². The first kappa shape index (κ1) is 19.5. The van der Waals surface area contributed by atoms with E-state index < -0.39 is 0 Å². The molecule has 0 fully saturated rings. The molecule has 0 atom stereocenters. The van der Waals surface area contributed by atoms with Crippen LogP contribution in [-0.2, 0) is 25.8 Å². The SMILES string of the molecule is CSCCc1nc(N2CCc3ccccc3CC2)c(C#N)c(=O)n1CCO. The van der Waals surface area contributed by atoms with Crippen LogP contribution in [0.25, 0.3) is 0 Å². The normalized spacial score (nSPS) is 13.7. The van der Waals surface area contributed by atoms with Crippen LogP contribution in [0.5, 0.6) is 0 Å². The highest BCUT2D eigenvalue weighted by Gasteiger charge is 2.22. The van der Waals surface area contributed by atoms with Crippen LogP contribution in [0.4, 0.5) is 5.82 Å². The third-order valence-electron chi connectivity index (χ3n) is 4.91. The van der Waals surface area contributed by atoms with Gasteiger partial charge >= 0.3 is 0 Å². The van der Waals surface area contributed by atoms with E-state index in [2.05, 4.69) is 23.1 Å². The fourth-order valence-electron chi connectivity index (χ4n) is 3.51. The number of nitrogens with zero attached hydrogens (tertiary/aromatic N) is 4. The maximum atomic E-state index is 12.9. The van der Waals surface area contributed by atoms with E-state index in [1.54, 1.807) is 11.8 Å². The predicted octanol–water partition coefficient (Wildman–Crippen LogP) is 1.62. The quantitative estimate of drug-likeness (QED) is 0.815. The Bertz CT molecular complexity index is 877. The van der Waals surface area contributed by atoms with Crippen molar-refractivity contribution in [2.24, 2.45) is 0 Å². The molecule has 0 saturated carbocycles. The highest BCUT2D eigenvalue weighted by molar-refractivity contribution is 7.98. The predicted molar refractivity (Wildman–Crippen MR) is 108 cm³/mol. The molecule has 0 spiro atoms. The lowest BCUT2D eigenvalue weighted by Crippen LogP contribution is -2.35. The molecule has 142 valence electrons. The molecule has 1 aliphatic heterocycles. The van der Waals surface area contributed by atoms with Gasteiger partial charge in [0.2, 0.25) is 0 Å². The fraction of sp³-hybridized carbons (Fsp3) is 0.450. The summed E-state index contributed by atoms with van der Waals surface area (Å²) in [5, 5.41) is 19.0. The van der Waals surface area contributed by atoms with Gasteiger partial charge in [-0.05, 0) is 30.2 Å². The second-order valence-electron chi connectivity index (χ2n) is 6.52. The van der Waals surface area contributed by atoms with Crippen LogP contribution in [0, 0.1) is 11.3 Å². The van der Waals surface area contributed by atoms with Crippen LogP contribution in [-0.4, -0.2) is 46.4 Å². The number of nitriles is 1. The van der Waals surface area contributed by atoms with E-state index in [0.717, 1.165) is 31.7 Å². The molecule has 7 heteroatoms.